The highest BCUT2D eigenvalue weighted by Crippen LogP contribution is 2.55. The number of hydrogen-bond acceptors (Lipinski definition) is 6. The lowest BCUT2D eigenvalue weighted by atomic mass is 9.82. The Kier molecular flexibility index (Phi) is 7.02. The predicted octanol–water partition coefficient (Wildman–Crippen LogP) is 4.23. The van der Waals surface area contributed by atoms with Crippen LogP contribution in [0.15, 0.2) is 79.4 Å². The number of amides is 3. The average molecular weight is 594 g/mol. The fourth-order valence-corrected chi connectivity index (χ4v) is 7.37. The second-order valence-corrected chi connectivity index (χ2v) is 12.0. The van der Waals surface area contributed by atoms with Crippen LogP contribution in [0.3, 0.4) is 0 Å². The van der Waals surface area contributed by atoms with Gasteiger partial charge in [0.2, 0.25) is 5.91 Å². The zero-order valence-corrected chi connectivity index (χ0v) is 24.6. The van der Waals surface area contributed by atoms with E-state index in [0.717, 1.165) is 11.1 Å². The number of carbonyl (C=O) groups is 3. The number of carbonyl (C=O) groups excluding carboxylic acids is 3. The van der Waals surface area contributed by atoms with E-state index in [-0.39, 0.29) is 49.3 Å². The largest absolute Gasteiger partial charge is 0.482 e. The van der Waals surface area contributed by atoms with Crippen LogP contribution in [-0.4, -0.2) is 59.6 Å². The van der Waals surface area contributed by atoms with Gasteiger partial charge in [0.05, 0.1) is 36.5 Å². The summed E-state index contributed by atoms with van der Waals surface area (Å²) in [5, 5.41) is 10.1. The molecule has 0 saturated carbocycles. The summed E-state index contributed by atoms with van der Waals surface area (Å²) in [4.78, 5) is 46.1. The van der Waals surface area contributed by atoms with Crippen LogP contribution in [0, 0.1) is 5.92 Å². The molecule has 0 bridgehead atoms. The quantitative estimate of drug-likeness (QED) is 0.430. The summed E-state index contributed by atoms with van der Waals surface area (Å²) in [6.07, 6.45) is 2.39. The van der Waals surface area contributed by atoms with Gasteiger partial charge in [0.25, 0.3) is 11.8 Å². The molecule has 3 aromatic carbocycles. The van der Waals surface area contributed by atoms with Crippen LogP contribution in [0.25, 0.3) is 0 Å². The number of para-hydroxylation sites is 2. The first-order valence-corrected chi connectivity index (χ1v) is 15.1. The second-order valence-electron chi connectivity index (χ2n) is 12.0. The van der Waals surface area contributed by atoms with E-state index in [1.165, 1.54) is 0 Å². The van der Waals surface area contributed by atoms with Crippen LogP contribution in [0.1, 0.15) is 36.5 Å². The number of aliphatic hydroxyl groups excluding tert-OH is 1. The van der Waals surface area contributed by atoms with Gasteiger partial charge in [-0.3, -0.25) is 19.3 Å². The fraction of sp³-hybridized carbons (Fsp3) is 0.343. The Bertz CT molecular complexity index is 1670. The third kappa shape index (κ3) is 4.33. The van der Waals surface area contributed by atoms with Crippen molar-refractivity contribution in [3.8, 4) is 5.75 Å². The summed E-state index contributed by atoms with van der Waals surface area (Å²) in [6, 6.07) is 20.6. The van der Waals surface area contributed by atoms with Gasteiger partial charge < -0.3 is 24.4 Å². The van der Waals surface area contributed by atoms with Crippen LogP contribution in [0.4, 0.5) is 17.1 Å². The molecule has 1 fully saturated rings. The standard InChI is InChI=1S/C35H35N3O6/c1-3-14-36-29-13-12-25(38-30-10-6-7-11-31(30)43-21-33(38)41)17-28(29)35(34(36)42)22(2)15-27(44-35)18-32(40)37-19-24-9-5-4-8-23(24)16-26(37)20-39/h3-13,17,22,26-27,39H,1,14-16,18-21H2,2H3/t22-,26-,27-,35+/m0/s1. The molecule has 4 heterocycles. The molecule has 0 aliphatic carbocycles. The maximum Gasteiger partial charge on any atom is 0.269 e. The van der Waals surface area contributed by atoms with Crippen molar-refractivity contribution in [2.45, 2.75) is 50.5 Å². The number of benzene rings is 3. The second kappa shape index (κ2) is 10.9. The Morgan fingerprint density at radius 3 is 2.64 bits per heavy atom. The minimum atomic E-state index is -1.31. The van der Waals surface area contributed by atoms with E-state index in [0.29, 0.717) is 54.3 Å². The van der Waals surface area contributed by atoms with E-state index in [4.69, 9.17) is 9.47 Å². The molecular formula is C35H35N3O6. The number of ether oxygens (including phenoxy) is 2. The molecular weight excluding hydrogens is 558 g/mol. The van der Waals surface area contributed by atoms with Gasteiger partial charge in [-0.1, -0.05) is 49.4 Å². The van der Waals surface area contributed by atoms with Crippen molar-refractivity contribution in [3.05, 3.63) is 96.1 Å². The van der Waals surface area contributed by atoms with Crippen molar-refractivity contribution in [3.63, 3.8) is 0 Å². The molecule has 0 radical (unpaired) electrons. The van der Waals surface area contributed by atoms with Crippen molar-refractivity contribution < 1.29 is 29.0 Å². The summed E-state index contributed by atoms with van der Waals surface area (Å²) < 4.78 is 12.4. The lowest BCUT2D eigenvalue weighted by Crippen LogP contribution is -2.47. The van der Waals surface area contributed by atoms with E-state index in [1.54, 1.807) is 20.8 Å². The first-order chi connectivity index (χ1) is 21.3. The van der Waals surface area contributed by atoms with Crippen LogP contribution in [0.2, 0.25) is 0 Å². The molecule has 3 amide bonds. The van der Waals surface area contributed by atoms with Gasteiger partial charge >= 0.3 is 0 Å². The Balaban J connectivity index is 1.21. The minimum Gasteiger partial charge on any atom is -0.482 e. The maximum absolute atomic E-state index is 14.2. The van der Waals surface area contributed by atoms with Crippen LogP contribution in [0.5, 0.6) is 5.75 Å². The summed E-state index contributed by atoms with van der Waals surface area (Å²) in [5.41, 5.74) is 3.56. The minimum absolute atomic E-state index is 0.0896. The number of anilines is 3. The van der Waals surface area contributed by atoms with E-state index < -0.39 is 11.7 Å². The highest BCUT2D eigenvalue weighted by molar-refractivity contribution is 6.10. The van der Waals surface area contributed by atoms with Crippen molar-refractivity contribution in [2.24, 2.45) is 5.92 Å². The van der Waals surface area contributed by atoms with Crippen molar-refractivity contribution in [1.82, 2.24) is 4.90 Å². The molecule has 4 aliphatic heterocycles. The molecule has 4 atom stereocenters. The van der Waals surface area contributed by atoms with Gasteiger partial charge in [0, 0.05) is 30.3 Å². The van der Waals surface area contributed by atoms with Crippen molar-refractivity contribution in [2.75, 3.05) is 29.6 Å². The highest BCUT2D eigenvalue weighted by Gasteiger charge is 2.60. The lowest BCUT2D eigenvalue weighted by Gasteiger charge is -2.36. The molecule has 9 heteroatoms. The zero-order valence-electron chi connectivity index (χ0n) is 24.6. The van der Waals surface area contributed by atoms with Gasteiger partial charge in [0.15, 0.2) is 12.2 Å². The normalized spacial score (nSPS) is 25.5. The Morgan fingerprint density at radius 2 is 1.84 bits per heavy atom. The Hall–Kier alpha value is -4.47. The highest BCUT2D eigenvalue weighted by atomic mass is 16.5. The van der Waals surface area contributed by atoms with Gasteiger partial charge in [-0.25, -0.2) is 0 Å². The topological polar surface area (TPSA) is 99.6 Å². The zero-order chi connectivity index (χ0) is 30.6. The van der Waals surface area contributed by atoms with E-state index in [1.807, 2.05) is 73.7 Å². The van der Waals surface area contributed by atoms with Gasteiger partial charge in [-0.05, 0) is 54.3 Å². The van der Waals surface area contributed by atoms with Crippen molar-refractivity contribution >= 4 is 34.8 Å². The van der Waals surface area contributed by atoms with Gasteiger partial charge in [0.1, 0.15) is 5.75 Å². The summed E-state index contributed by atoms with van der Waals surface area (Å²) >= 11 is 0. The molecule has 7 rings (SSSR count). The molecule has 1 saturated heterocycles. The van der Waals surface area contributed by atoms with Crippen LogP contribution >= 0.6 is 0 Å². The molecule has 0 unspecified atom stereocenters. The molecule has 1 spiro atoms. The van der Waals surface area contributed by atoms with Gasteiger partial charge in [-0.15, -0.1) is 6.58 Å². The number of fused-ring (bicyclic) bond motifs is 4. The smallest absolute Gasteiger partial charge is 0.269 e. The molecule has 1 N–H and O–H groups in total. The van der Waals surface area contributed by atoms with Crippen molar-refractivity contribution in [1.29, 1.82) is 0 Å². The molecule has 9 nitrogen and oxygen atoms in total. The van der Waals surface area contributed by atoms with Gasteiger partial charge in [-0.2, -0.15) is 0 Å². The third-order valence-corrected chi connectivity index (χ3v) is 9.46. The molecule has 3 aromatic rings. The average Bonchev–Trinajstić information content (AvgIpc) is 3.49. The summed E-state index contributed by atoms with van der Waals surface area (Å²) in [5.74, 6) is -0.140. The number of rotatable bonds is 6. The Morgan fingerprint density at radius 1 is 1.07 bits per heavy atom. The SMILES string of the molecule is C=CCN1C(=O)[C@]2(O[C@H](CC(=O)N3Cc4ccccc4C[C@H]3CO)C[C@@H]2C)c2cc(N3C(=O)COc4ccccc43)ccc21. The first-order valence-electron chi connectivity index (χ1n) is 15.1. The maximum atomic E-state index is 14.2. The molecule has 0 aromatic heterocycles. The summed E-state index contributed by atoms with van der Waals surface area (Å²) in [7, 11) is 0. The lowest BCUT2D eigenvalue weighted by molar-refractivity contribution is -0.150. The Labute approximate surface area is 256 Å². The monoisotopic (exact) mass is 593 g/mol. The molecule has 44 heavy (non-hydrogen) atoms. The predicted molar refractivity (Wildman–Crippen MR) is 165 cm³/mol. The number of aliphatic hydroxyl groups is 1. The van der Waals surface area contributed by atoms with E-state index in [9.17, 15) is 19.5 Å². The fourth-order valence-electron chi connectivity index (χ4n) is 7.37. The number of hydrogen-bond donors (Lipinski definition) is 1. The molecule has 4 aliphatic rings. The van der Waals surface area contributed by atoms with Crippen LogP contribution in [-0.2, 0) is 37.7 Å². The van der Waals surface area contributed by atoms with E-state index in [2.05, 4.69) is 6.58 Å². The third-order valence-electron chi connectivity index (χ3n) is 9.46. The number of nitrogens with zero attached hydrogens (tertiary/aromatic N) is 3. The first kappa shape index (κ1) is 28.3. The summed E-state index contributed by atoms with van der Waals surface area (Å²) in [6.45, 7) is 6.36. The van der Waals surface area contributed by atoms with Crippen LogP contribution < -0.4 is 14.5 Å². The molecule has 226 valence electrons. The van der Waals surface area contributed by atoms with E-state index >= 15 is 0 Å².